The topological polar surface area (TPSA) is 163 Å². The zero-order valence-corrected chi connectivity index (χ0v) is 33.9. The average molecular weight is 808 g/mol. The van der Waals surface area contributed by atoms with Crippen molar-refractivity contribution in [3.63, 3.8) is 0 Å². The third-order valence-electron chi connectivity index (χ3n) is 12.6. The second-order valence-corrected chi connectivity index (χ2v) is 16.8. The van der Waals surface area contributed by atoms with Gasteiger partial charge in [0, 0.05) is 98.4 Å². The Bertz CT molecular complexity index is 2230. The smallest absolute Gasteiger partial charge is 0.262 e. The second-order valence-electron chi connectivity index (χ2n) is 16.8. The summed E-state index contributed by atoms with van der Waals surface area (Å²) in [6.45, 7) is 17.0. The summed E-state index contributed by atoms with van der Waals surface area (Å²) in [5.74, 6) is 0.535. The van der Waals surface area contributed by atoms with Gasteiger partial charge in [-0.05, 0) is 88.5 Å². The van der Waals surface area contributed by atoms with Gasteiger partial charge >= 0.3 is 0 Å². The minimum Gasteiger partial charge on any atom is -0.491 e. The molecule has 4 aromatic rings. The number of piperazine rings is 2. The van der Waals surface area contributed by atoms with Crippen LogP contribution in [0.25, 0.3) is 22.3 Å². The van der Waals surface area contributed by atoms with Crippen LogP contribution in [0.3, 0.4) is 0 Å². The maximum absolute atomic E-state index is 13.3. The van der Waals surface area contributed by atoms with Gasteiger partial charge in [0.25, 0.3) is 11.8 Å². The lowest BCUT2D eigenvalue weighted by Crippen LogP contribution is -2.54. The van der Waals surface area contributed by atoms with E-state index in [1.807, 2.05) is 44.2 Å². The van der Waals surface area contributed by atoms with Gasteiger partial charge in [-0.1, -0.05) is 0 Å². The molecule has 2 N–H and O–H groups in total. The minimum atomic E-state index is -0.955. The van der Waals surface area contributed by atoms with Crippen LogP contribution in [0.5, 0.6) is 5.75 Å². The Morgan fingerprint density at radius 3 is 2.22 bits per heavy atom. The Morgan fingerprint density at radius 2 is 1.47 bits per heavy atom. The monoisotopic (exact) mass is 807 g/mol. The average Bonchev–Trinajstić information content (AvgIpc) is 3.78. The molecule has 59 heavy (non-hydrogen) atoms. The number of hydrogen-bond acceptors (Lipinski definition) is 13. The molecular weight excluding hydrogens is 751 g/mol. The van der Waals surface area contributed by atoms with Crippen molar-refractivity contribution in [2.24, 2.45) is 5.92 Å². The maximum atomic E-state index is 13.3. The molecule has 7 heterocycles. The summed E-state index contributed by atoms with van der Waals surface area (Å²) in [5.41, 5.74) is 4.11. The number of piperidine rings is 2. The largest absolute Gasteiger partial charge is 0.491 e. The van der Waals surface area contributed by atoms with Gasteiger partial charge in [-0.3, -0.25) is 44.3 Å². The maximum Gasteiger partial charge on any atom is 0.262 e. The number of fused-ring (bicyclic) bond motifs is 2. The van der Waals surface area contributed by atoms with E-state index in [9.17, 15) is 19.2 Å². The Balaban J connectivity index is 0.00000281. The molecule has 9 rings (SSSR count). The lowest BCUT2D eigenvalue weighted by atomic mass is 9.96. The standard InChI is InChI=1S/C43H53N11O5.2H2/c1-28(2)59-31-4-6-35-34(24-31)40(48-47-35)36-25-38(45-27-44-36)53-21-15-50(16-22-53)14-13-49-11-9-29(10-12-49)26-51-17-19-52(20-18-51)30-3-5-32-33(23-30)43(58)54(42(32)57)37-7-8-39(55)46-41(37)56;;/h3-6,23-25,27-29,37H,7-22,26H2,1-2H3,(H,47,48)(H,46,55,56);2*1H. The van der Waals surface area contributed by atoms with E-state index >= 15 is 0 Å². The highest BCUT2D eigenvalue weighted by atomic mass is 16.5. The van der Waals surface area contributed by atoms with E-state index in [2.05, 4.69) is 50.0 Å². The molecule has 4 fully saturated rings. The lowest BCUT2D eigenvalue weighted by Gasteiger charge is -2.40. The highest BCUT2D eigenvalue weighted by Crippen LogP contribution is 2.32. The first kappa shape index (κ1) is 39.0. The molecule has 16 heteroatoms. The third-order valence-corrected chi connectivity index (χ3v) is 12.6. The summed E-state index contributed by atoms with van der Waals surface area (Å²) in [7, 11) is 0. The molecule has 2 aromatic carbocycles. The number of H-pyrrole nitrogens is 1. The number of nitrogens with one attached hydrogen (secondary N) is 2. The number of imide groups is 2. The Kier molecular flexibility index (Phi) is 11.0. The fraction of sp³-hybridized carbons (Fsp3) is 0.512. The van der Waals surface area contributed by atoms with Crippen molar-refractivity contribution in [2.45, 2.75) is 51.7 Å². The minimum absolute atomic E-state index is 0. The SMILES string of the molecule is CC(C)Oc1ccc2[nH]nc(-c3cc(N4CCN(CCN5CCC(CN6CCN(c7ccc8c(c7)C(=O)N(C7CCC(=O)NC7=O)C8=O)CC6)CC5)CC4)ncn3)c2c1.[HH].[HH]. The quantitative estimate of drug-likeness (QED) is 0.213. The Labute approximate surface area is 346 Å². The van der Waals surface area contributed by atoms with E-state index in [0.29, 0.717) is 17.0 Å². The number of benzene rings is 2. The van der Waals surface area contributed by atoms with Crippen LogP contribution in [0.2, 0.25) is 0 Å². The Hall–Kier alpha value is -5.45. The van der Waals surface area contributed by atoms with E-state index < -0.39 is 23.8 Å². The van der Waals surface area contributed by atoms with Gasteiger partial charge in [-0.25, -0.2) is 9.97 Å². The summed E-state index contributed by atoms with van der Waals surface area (Å²) in [5, 5.41) is 11.0. The van der Waals surface area contributed by atoms with Gasteiger partial charge in [-0.15, -0.1) is 0 Å². The predicted octanol–water partition coefficient (Wildman–Crippen LogP) is 3.36. The third kappa shape index (κ3) is 8.25. The van der Waals surface area contributed by atoms with E-state index in [1.165, 1.54) is 12.8 Å². The van der Waals surface area contributed by atoms with E-state index in [-0.39, 0.29) is 27.7 Å². The summed E-state index contributed by atoms with van der Waals surface area (Å²) >= 11 is 0. The molecule has 0 aliphatic carbocycles. The van der Waals surface area contributed by atoms with Crippen molar-refractivity contribution < 1.29 is 26.8 Å². The highest BCUT2D eigenvalue weighted by Gasteiger charge is 2.45. The van der Waals surface area contributed by atoms with Gasteiger partial charge in [-0.2, -0.15) is 5.10 Å². The van der Waals surface area contributed by atoms with Crippen LogP contribution in [-0.4, -0.2) is 161 Å². The number of aromatic amines is 1. The van der Waals surface area contributed by atoms with Crippen molar-refractivity contribution >= 4 is 46.0 Å². The van der Waals surface area contributed by atoms with Gasteiger partial charge in [0.05, 0.1) is 28.4 Å². The summed E-state index contributed by atoms with van der Waals surface area (Å²) in [6, 6.07) is 12.5. The van der Waals surface area contributed by atoms with Crippen LogP contribution >= 0.6 is 0 Å². The number of nitrogens with zero attached hydrogens (tertiary/aromatic N) is 9. The molecule has 0 radical (unpaired) electrons. The number of anilines is 2. The van der Waals surface area contributed by atoms with Gasteiger partial charge in [0.15, 0.2) is 0 Å². The number of carbonyl (C=O) groups is 4. The molecule has 2 aromatic heterocycles. The molecule has 0 spiro atoms. The van der Waals surface area contributed by atoms with Crippen LogP contribution < -0.4 is 19.9 Å². The normalized spacial score (nSPS) is 21.5. The number of aromatic nitrogens is 4. The van der Waals surface area contributed by atoms with Crippen LogP contribution in [0.15, 0.2) is 48.8 Å². The van der Waals surface area contributed by atoms with Crippen molar-refractivity contribution in [1.29, 1.82) is 0 Å². The summed E-state index contributed by atoms with van der Waals surface area (Å²) in [4.78, 5) is 73.2. The molecule has 1 unspecified atom stereocenters. The molecule has 314 valence electrons. The molecule has 5 aliphatic heterocycles. The summed E-state index contributed by atoms with van der Waals surface area (Å²) in [6.07, 6.45) is 4.42. The molecular formula is C43H57N11O5. The molecule has 1 atom stereocenters. The predicted molar refractivity (Wildman–Crippen MR) is 227 cm³/mol. The zero-order valence-electron chi connectivity index (χ0n) is 33.9. The van der Waals surface area contributed by atoms with Crippen LogP contribution in [-0.2, 0) is 9.59 Å². The van der Waals surface area contributed by atoms with E-state index in [0.717, 1.165) is 130 Å². The van der Waals surface area contributed by atoms with Crippen LogP contribution in [0.4, 0.5) is 11.5 Å². The zero-order chi connectivity index (χ0) is 40.6. The first-order valence-electron chi connectivity index (χ1n) is 21.2. The van der Waals surface area contributed by atoms with E-state index in [4.69, 9.17) is 4.74 Å². The number of likely N-dealkylation sites (tertiary alicyclic amines) is 1. The number of hydrogen-bond donors (Lipinski definition) is 2. The van der Waals surface area contributed by atoms with Gasteiger partial charge in [0.1, 0.15) is 29.6 Å². The number of amides is 4. The van der Waals surface area contributed by atoms with Crippen LogP contribution in [0.1, 0.15) is 63.1 Å². The van der Waals surface area contributed by atoms with Crippen LogP contribution in [0, 0.1) is 5.92 Å². The molecule has 4 amide bonds. The second kappa shape index (κ2) is 16.7. The van der Waals surface area contributed by atoms with Crippen molar-refractivity contribution in [3.05, 3.63) is 59.9 Å². The summed E-state index contributed by atoms with van der Waals surface area (Å²) < 4.78 is 5.93. The van der Waals surface area contributed by atoms with Crippen molar-refractivity contribution in [1.82, 2.24) is 45.1 Å². The molecule has 16 nitrogen and oxygen atoms in total. The molecule has 0 bridgehead atoms. The van der Waals surface area contributed by atoms with Gasteiger partial charge < -0.3 is 19.4 Å². The molecule has 0 saturated carbocycles. The molecule has 4 saturated heterocycles. The lowest BCUT2D eigenvalue weighted by molar-refractivity contribution is -0.136. The number of ether oxygens (including phenoxy) is 1. The van der Waals surface area contributed by atoms with Gasteiger partial charge in [0.2, 0.25) is 11.8 Å². The fourth-order valence-corrected chi connectivity index (χ4v) is 9.27. The first-order valence-corrected chi connectivity index (χ1v) is 21.2. The Morgan fingerprint density at radius 1 is 0.763 bits per heavy atom. The number of carbonyl (C=O) groups excluding carboxylic acids is 4. The first-order chi connectivity index (χ1) is 28.7. The van der Waals surface area contributed by atoms with Crippen molar-refractivity contribution in [3.8, 4) is 17.1 Å². The highest BCUT2D eigenvalue weighted by molar-refractivity contribution is 6.23. The number of rotatable bonds is 11. The van der Waals surface area contributed by atoms with Crippen molar-refractivity contribution in [2.75, 3.05) is 94.9 Å². The molecule has 5 aliphatic rings. The van der Waals surface area contributed by atoms with E-state index in [1.54, 1.807) is 18.5 Å². The fourth-order valence-electron chi connectivity index (χ4n) is 9.27.